The van der Waals surface area contributed by atoms with Crippen molar-refractivity contribution in [1.29, 1.82) is 0 Å². The van der Waals surface area contributed by atoms with Crippen LogP contribution in [0.4, 0.5) is 0 Å². The number of fused-ring (bicyclic) bond motifs is 1. The normalized spacial score (nSPS) is 18.5. The minimum atomic E-state index is -0.488. The molecule has 0 aliphatic carbocycles. The van der Waals surface area contributed by atoms with Crippen LogP contribution in [0.15, 0.2) is 23.2 Å². The van der Waals surface area contributed by atoms with Gasteiger partial charge in [0.1, 0.15) is 6.54 Å². The zero-order valence-electron chi connectivity index (χ0n) is 20.4. The van der Waals surface area contributed by atoms with Crippen LogP contribution in [0.3, 0.4) is 0 Å². The molecule has 11 heteroatoms. The Labute approximate surface area is 212 Å². The monoisotopic (exact) mass is 521 g/mol. The third kappa shape index (κ3) is 7.17. The summed E-state index contributed by atoms with van der Waals surface area (Å²) >= 11 is 2.43. The summed E-state index contributed by atoms with van der Waals surface area (Å²) in [5, 5.41) is 0. The molecule has 1 aromatic heterocycles. The molecule has 1 aliphatic rings. The van der Waals surface area contributed by atoms with Gasteiger partial charge in [-0.3, -0.25) is 14.4 Å². The van der Waals surface area contributed by atoms with Crippen molar-refractivity contribution in [3.05, 3.63) is 28.6 Å². The Kier molecular flexibility index (Phi) is 9.50. The van der Waals surface area contributed by atoms with Crippen molar-refractivity contribution in [2.24, 2.45) is 16.8 Å². The number of amides is 2. The van der Waals surface area contributed by atoms with E-state index in [-0.39, 0.29) is 30.6 Å². The number of rotatable bonds is 8. The standard InChI is InChI=1S/C24H31N3O6S2/c1-5-33-23(31)17-6-7-18-19(9-17)35-24(27(18)12-22(30)32-4)25-20(28)13-34-14-21(29)26-10-15(2)8-16(3)11-26/h6-7,9,15-16H,5,8,10-14H2,1-4H3. The lowest BCUT2D eigenvalue weighted by Gasteiger charge is -2.35. The summed E-state index contributed by atoms with van der Waals surface area (Å²) in [4.78, 5) is 55.6. The molecular weight excluding hydrogens is 490 g/mol. The maximum atomic E-state index is 12.6. The zero-order valence-corrected chi connectivity index (χ0v) is 22.1. The van der Waals surface area contributed by atoms with E-state index in [1.54, 1.807) is 29.7 Å². The second-order valence-electron chi connectivity index (χ2n) is 8.69. The van der Waals surface area contributed by atoms with Gasteiger partial charge in [-0.15, -0.1) is 11.8 Å². The average Bonchev–Trinajstić information content (AvgIpc) is 3.14. The molecule has 3 rings (SSSR count). The van der Waals surface area contributed by atoms with Gasteiger partial charge in [0.2, 0.25) is 5.91 Å². The van der Waals surface area contributed by atoms with Crippen LogP contribution < -0.4 is 4.80 Å². The fourth-order valence-corrected chi connectivity index (χ4v) is 5.95. The number of thioether (sulfide) groups is 1. The minimum absolute atomic E-state index is 0.0373. The summed E-state index contributed by atoms with van der Waals surface area (Å²) in [5.41, 5.74) is 1.02. The Morgan fingerprint density at radius 1 is 1.14 bits per heavy atom. The van der Waals surface area contributed by atoms with Crippen LogP contribution in [0.2, 0.25) is 0 Å². The highest BCUT2D eigenvalue weighted by Gasteiger charge is 2.25. The highest BCUT2D eigenvalue weighted by Crippen LogP contribution is 2.22. The smallest absolute Gasteiger partial charge is 0.338 e. The van der Waals surface area contributed by atoms with E-state index in [1.165, 1.54) is 30.2 Å². The zero-order chi connectivity index (χ0) is 25.5. The Morgan fingerprint density at radius 3 is 2.51 bits per heavy atom. The fraction of sp³-hybridized carbons (Fsp3) is 0.542. The van der Waals surface area contributed by atoms with Crippen LogP contribution in [0.25, 0.3) is 10.2 Å². The van der Waals surface area contributed by atoms with E-state index >= 15 is 0 Å². The summed E-state index contributed by atoms with van der Waals surface area (Å²) in [6, 6.07) is 4.96. The van der Waals surface area contributed by atoms with Crippen molar-refractivity contribution in [2.75, 3.05) is 38.3 Å². The van der Waals surface area contributed by atoms with Gasteiger partial charge in [0.25, 0.3) is 5.91 Å². The Morgan fingerprint density at radius 2 is 1.86 bits per heavy atom. The molecule has 0 N–H and O–H groups in total. The van der Waals surface area contributed by atoms with Gasteiger partial charge in [-0.25, -0.2) is 4.79 Å². The van der Waals surface area contributed by atoms with Gasteiger partial charge < -0.3 is 18.9 Å². The first-order valence-electron chi connectivity index (χ1n) is 11.5. The number of carbonyl (C=O) groups excluding carboxylic acids is 4. The van der Waals surface area contributed by atoms with Gasteiger partial charge in [-0.05, 0) is 43.4 Å². The lowest BCUT2D eigenvalue weighted by atomic mass is 9.92. The van der Waals surface area contributed by atoms with Crippen LogP contribution in [0.5, 0.6) is 0 Å². The van der Waals surface area contributed by atoms with Crippen LogP contribution in [0, 0.1) is 11.8 Å². The molecule has 35 heavy (non-hydrogen) atoms. The lowest BCUT2D eigenvalue weighted by molar-refractivity contribution is -0.141. The topological polar surface area (TPSA) is 107 Å². The van der Waals surface area contributed by atoms with Crippen molar-refractivity contribution in [2.45, 2.75) is 33.7 Å². The van der Waals surface area contributed by atoms with E-state index in [9.17, 15) is 19.2 Å². The van der Waals surface area contributed by atoms with Crippen molar-refractivity contribution in [3.8, 4) is 0 Å². The van der Waals surface area contributed by atoms with Crippen LogP contribution in [-0.2, 0) is 30.4 Å². The second-order valence-corrected chi connectivity index (χ2v) is 10.7. The van der Waals surface area contributed by atoms with Crippen molar-refractivity contribution >= 4 is 57.1 Å². The molecule has 0 bridgehead atoms. The number of piperidine rings is 1. The number of likely N-dealkylation sites (tertiary alicyclic amines) is 1. The molecule has 2 heterocycles. The predicted octanol–water partition coefficient (Wildman–Crippen LogP) is 2.72. The maximum Gasteiger partial charge on any atom is 0.338 e. The third-order valence-corrected chi connectivity index (χ3v) is 7.55. The first-order chi connectivity index (χ1) is 16.7. The molecule has 2 amide bonds. The number of methoxy groups -OCH3 is 1. The summed E-state index contributed by atoms with van der Waals surface area (Å²) in [6.07, 6.45) is 1.12. The molecule has 2 aromatic rings. The number of ether oxygens (including phenoxy) is 2. The Balaban J connectivity index is 1.75. The Bertz CT molecular complexity index is 1160. The number of nitrogens with zero attached hydrogens (tertiary/aromatic N) is 3. The van der Waals surface area contributed by atoms with Crippen LogP contribution in [0.1, 0.15) is 37.6 Å². The quantitative estimate of drug-likeness (QED) is 0.492. The summed E-state index contributed by atoms with van der Waals surface area (Å²) in [7, 11) is 1.29. The number of esters is 2. The molecule has 0 radical (unpaired) electrons. The molecule has 1 aromatic carbocycles. The van der Waals surface area contributed by atoms with E-state index in [2.05, 4.69) is 18.8 Å². The molecule has 9 nitrogen and oxygen atoms in total. The average molecular weight is 522 g/mol. The lowest BCUT2D eigenvalue weighted by Crippen LogP contribution is -2.43. The Hall–Kier alpha value is -2.66. The van der Waals surface area contributed by atoms with E-state index < -0.39 is 17.8 Å². The predicted molar refractivity (Wildman–Crippen MR) is 135 cm³/mol. The number of hydrogen-bond acceptors (Lipinski definition) is 8. The SMILES string of the molecule is CCOC(=O)c1ccc2c(c1)sc(=NC(=O)CSCC(=O)N1CC(C)CC(C)C1)n2CC(=O)OC. The van der Waals surface area contributed by atoms with E-state index in [0.717, 1.165) is 19.5 Å². The highest BCUT2D eigenvalue weighted by molar-refractivity contribution is 8.00. The van der Waals surface area contributed by atoms with Crippen molar-refractivity contribution < 1.29 is 28.7 Å². The number of aromatic nitrogens is 1. The summed E-state index contributed by atoms with van der Waals surface area (Å²) in [5.74, 6) is -0.0785. The van der Waals surface area contributed by atoms with E-state index in [4.69, 9.17) is 9.47 Å². The molecule has 2 unspecified atom stereocenters. The number of hydrogen-bond donors (Lipinski definition) is 0. The number of carbonyl (C=O) groups is 4. The summed E-state index contributed by atoms with van der Waals surface area (Å²) in [6.45, 7) is 7.67. The first kappa shape index (κ1) is 26.9. The number of benzene rings is 1. The van der Waals surface area contributed by atoms with Gasteiger partial charge in [0.15, 0.2) is 4.80 Å². The number of thiazole rings is 1. The third-order valence-electron chi connectivity index (χ3n) is 5.60. The van der Waals surface area contributed by atoms with Gasteiger partial charge >= 0.3 is 11.9 Å². The van der Waals surface area contributed by atoms with Crippen molar-refractivity contribution in [1.82, 2.24) is 9.47 Å². The molecular formula is C24H31N3O6S2. The van der Waals surface area contributed by atoms with E-state index in [0.29, 0.717) is 32.4 Å². The van der Waals surface area contributed by atoms with Gasteiger partial charge in [0.05, 0.1) is 41.0 Å². The first-order valence-corrected chi connectivity index (χ1v) is 13.5. The largest absolute Gasteiger partial charge is 0.468 e. The highest BCUT2D eigenvalue weighted by atomic mass is 32.2. The molecule has 1 aliphatic heterocycles. The summed E-state index contributed by atoms with van der Waals surface area (Å²) < 4.78 is 12.1. The van der Waals surface area contributed by atoms with Gasteiger partial charge in [-0.1, -0.05) is 25.2 Å². The van der Waals surface area contributed by atoms with Crippen LogP contribution in [-0.4, -0.2) is 71.5 Å². The molecule has 0 spiro atoms. The molecule has 1 fully saturated rings. The van der Waals surface area contributed by atoms with Crippen LogP contribution >= 0.6 is 23.1 Å². The van der Waals surface area contributed by atoms with Crippen molar-refractivity contribution in [3.63, 3.8) is 0 Å². The second kappa shape index (κ2) is 12.3. The van der Waals surface area contributed by atoms with E-state index in [1.807, 2.05) is 4.90 Å². The molecule has 190 valence electrons. The minimum Gasteiger partial charge on any atom is -0.468 e. The molecule has 0 saturated carbocycles. The van der Waals surface area contributed by atoms with Gasteiger partial charge in [0, 0.05) is 13.1 Å². The van der Waals surface area contributed by atoms with Gasteiger partial charge in [-0.2, -0.15) is 4.99 Å². The molecule has 2 atom stereocenters. The maximum absolute atomic E-state index is 12.6. The molecule has 1 saturated heterocycles. The fourth-order valence-electron chi connectivity index (χ4n) is 4.17.